The molecule has 0 radical (unpaired) electrons. The summed E-state index contributed by atoms with van der Waals surface area (Å²) in [6.45, 7) is 0. The third-order valence-electron chi connectivity index (χ3n) is 2.77. The fraction of sp³-hybridized carbons (Fsp3) is 1.00. The second-order valence-corrected chi connectivity index (χ2v) is 7.84. The lowest BCUT2D eigenvalue weighted by Crippen LogP contribution is -2.66. The van der Waals surface area contributed by atoms with Crippen molar-refractivity contribution in [3.8, 4) is 0 Å². The molecule has 0 aliphatic heterocycles. The number of phosphoric ester groups is 3. The van der Waals surface area contributed by atoms with Gasteiger partial charge in [0.15, 0.2) is 0 Å². The first-order chi connectivity index (χ1) is 10.5. The van der Waals surface area contributed by atoms with E-state index in [4.69, 9.17) is 0 Å². The van der Waals surface area contributed by atoms with Crippen LogP contribution in [-0.4, -0.2) is 51.9 Å². The molecule has 0 spiro atoms. The van der Waals surface area contributed by atoms with Gasteiger partial charge in [0.2, 0.25) is 0 Å². The van der Waals surface area contributed by atoms with Gasteiger partial charge in [-0.3, -0.25) is 0 Å². The zero-order valence-electron chi connectivity index (χ0n) is 11.0. The summed E-state index contributed by atoms with van der Waals surface area (Å²) >= 11 is 0. The molecule has 0 amide bonds. The Kier molecular flexibility index (Phi) is 6.90. The molecular weight excluding hydrogens is 405 g/mol. The Labute approximate surface area is 133 Å². The summed E-state index contributed by atoms with van der Waals surface area (Å²) in [5.41, 5.74) is 0. The summed E-state index contributed by atoms with van der Waals surface area (Å²) in [4.78, 5) is 63.6. The summed E-state index contributed by atoms with van der Waals surface area (Å²) in [5.74, 6) is 0. The predicted octanol–water partition coefficient (Wildman–Crippen LogP) is -7.28. The molecule has 1 aliphatic rings. The molecule has 6 atom stereocenters. The summed E-state index contributed by atoms with van der Waals surface area (Å²) < 4.78 is 43.0. The van der Waals surface area contributed by atoms with E-state index in [9.17, 15) is 58.4 Å². The summed E-state index contributed by atoms with van der Waals surface area (Å²) in [6, 6.07) is 0. The fourth-order valence-corrected chi connectivity index (χ4v) is 3.62. The Morgan fingerprint density at radius 1 is 0.542 bits per heavy atom. The van der Waals surface area contributed by atoms with Gasteiger partial charge in [-0.2, -0.15) is 0 Å². The van der Waals surface area contributed by atoms with Crippen molar-refractivity contribution in [2.45, 2.75) is 36.6 Å². The van der Waals surface area contributed by atoms with Crippen molar-refractivity contribution in [2.75, 3.05) is 0 Å². The predicted molar refractivity (Wildman–Crippen MR) is 55.5 cm³/mol. The van der Waals surface area contributed by atoms with Crippen LogP contribution >= 0.6 is 23.5 Å². The Morgan fingerprint density at radius 3 is 1.12 bits per heavy atom. The molecule has 144 valence electrons. The number of aliphatic hydroxyl groups is 3. The van der Waals surface area contributed by atoms with Crippen LogP contribution in [0.15, 0.2) is 0 Å². The minimum Gasteiger partial charge on any atom is -0.790 e. The molecule has 18 heteroatoms. The van der Waals surface area contributed by atoms with Crippen molar-refractivity contribution in [1.82, 2.24) is 0 Å². The van der Waals surface area contributed by atoms with Gasteiger partial charge in [-0.25, -0.2) is 0 Å². The molecule has 0 aromatic rings. The monoisotopic (exact) mass is 414 g/mol. The SMILES string of the molecule is O=P([O-])([O-])OC1C(O)C(O)C(OP(=O)([O-])[O-])C(OP(=O)([O-])[O-])C1O. The van der Waals surface area contributed by atoms with Gasteiger partial charge in [0, 0.05) is 0 Å². The highest BCUT2D eigenvalue weighted by Gasteiger charge is 2.52. The lowest BCUT2D eigenvalue weighted by atomic mass is 9.85. The first-order valence-corrected chi connectivity index (χ1v) is 10.1. The molecule has 15 nitrogen and oxygen atoms in total. The zero-order valence-corrected chi connectivity index (χ0v) is 13.7. The highest BCUT2D eigenvalue weighted by Crippen LogP contribution is 2.43. The van der Waals surface area contributed by atoms with Gasteiger partial charge in [-0.05, 0) is 0 Å². The van der Waals surface area contributed by atoms with E-state index in [2.05, 4.69) is 13.6 Å². The molecule has 0 aromatic heterocycles. The summed E-state index contributed by atoms with van der Waals surface area (Å²) in [6.07, 6.45) is -15.7. The minimum atomic E-state index is -6.01. The molecule has 0 aromatic carbocycles. The van der Waals surface area contributed by atoms with Gasteiger partial charge in [0.25, 0.3) is 0 Å². The van der Waals surface area contributed by atoms with Gasteiger partial charge in [-0.15, -0.1) is 0 Å². The van der Waals surface area contributed by atoms with Crippen LogP contribution in [0.5, 0.6) is 0 Å². The second-order valence-electron chi connectivity index (χ2n) is 4.52. The first kappa shape index (κ1) is 22.3. The van der Waals surface area contributed by atoms with Gasteiger partial charge < -0.3 is 71.9 Å². The lowest BCUT2D eigenvalue weighted by Gasteiger charge is -2.51. The third-order valence-corrected chi connectivity index (χ3v) is 4.28. The molecule has 1 saturated carbocycles. The van der Waals surface area contributed by atoms with Crippen LogP contribution in [0.1, 0.15) is 0 Å². The van der Waals surface area contributed by atoms with Crippen LogP contribution in [0.4, 0.5) is 0 Å². The van der Waals surface area contributed by atoms with Crippen molar-refractivity contribution in [3.63, 3.8) is 0 Å². The van der Waals surface area contributed by atoms with Crippen molar-refractivity contribution < 1.29 is 71.9 Å². The van der Waals surface area contributed by atoms with Gasteiger partial charge >= 0.3 is 0 Å². The van der Waals surface area contributed by atoms with Crippen LogP contribution in [-0.2, 0) is 27.3 Å². The van der Waals surface area contributed by atoms with E-state index in [0.717, 1.165) is 0 Å². The van der Waals surface area contributed by atoms with Crippen LogP contribution in [0, 0.1) is 0 Å². The molecule has 1 aliphatic carbocycles. The number of aliphatic hydroxyl groups excluding tert-OH is 3. The van der Waals surface area contributed by atoms with Gasteiger partial charge in [0.1, 0.15) is 36.6 Å². The van der Waals surface area contributed by atoms with Crippen LogP contribution in [0.3, 0.4) is 0 Å². The van der Waals surface area contributed by atoms with Crippen molar-refractivity contribution in [3.05, 3.63) is 0 Å². The van der Waals surface area contributed by atoms with E-state index in [-0.39, 0.29) is 0 Å². The average Bonchev–Trinajstić information content (AvgIpc) is 2.32. The van der Waals surface area contributed by atoms with E-state index in [1.807, 2.05) is 0 Å². The maximum atomic E-state index is 10.6. The molecule has 3 N–H and O–H groups in total. The quantitative estimate of drug-likeness (QED) is 0.340. The van der Waals surface area contributed by atoms with Crippen molar-refractivity contribution >= 4 is 23.5 Å². The number of hydrogen-bond donors (Lipinski definition) is 3. The van der Waals surface area contributed by atoms with Gasteiger partial charge in [-0.1, -0.05) is 0 Å². The number of rotatable bonds is 6. The van der Waals surface area contributed by atoms with Crippen molar-refractivity contribution in [2.24, 2.45) is 0 Å². The molecule has 1 rings (SSSR count). The molecule has 1 fully saturated rings. The minimum absolute atomic E-state index is 2.54. The van der Waals surface area contributed by atoms with Crippen LogP contribution in [0.25, 0.3) is 0 Å². The first-order valence-electron chi connectivity index (χ1n) is 5.67. The highest BCUT2D eigenvalue weighted by atomic mass is 31.2. The molecule has 6 unspecified atom stereocenters. The van der Waals surface area contributed by atoms with E-state index < -0.39 is 60.1 Å². The van der Waals surface area contributed by atoms with E-state index in [1.165, 1.54) is 0 Å². The maximum absolute atomic E-state index is 10.6. The van der Waals surface area contributed by atoms with Crippen LogP contribution < -0.4 is 29.4 Å². The zero-order chi connectivity index (χ0) is 19.1. The smallest absolute Gasteiger partial charge is 0.120 e. The Balaban J connectivity index is 3.23. The molecule has 0 bridgehead atoms. The molecule has 0 saturated heterocycles. The number of phosphoric acid groups is 3. The second kappa shape index (κ2) is 7.45. The topological polar surface area (TPSA) is 278 Å². The Morgan fingerprint density at radius 2 is 0.792 bits per heavy atom. The standard InChI is InChI=1S/C6H15O15P3/c7-1-2(8)5(20-23(13,14)15)6(21-24(16,17)18)3(9)4(1)19-22(10,11)12/h1-9H,(H2,10,11,12)(H2,13,14,15)(H2,16,17,18)/p-6. The summed E-state index contributed by atoms with van der Waals surface area (Å²) in [5, 5.41) is 28.9. The third kappa shape index (κ3) is 6.50. The molecule has 0 heterocycles. The number of hydrogen-bond acceptors (Lipinski definition) is 15. The fourth-order valence-electron chi connectivity index (χ4n) is 1.98. The molecular formula is C6H9O15P3-6. The highest BCUT2D eigenvalue weighted by molar-refractivity contribution is 7.43. The van der Waals surface area contributed by atoms with Crippen molar-refractivity contribution in [1.29, 1.82) is 0 Å². The van der Waals surface area contributed by atoms with E-state index >= 15 is 0 Å². The Hall–Kier alpha value is 0.210. The molecule has 24 heavy (non-hydrogen) atoms. The van der Waals surface area contributed by atoms with Crippen LogP contribution in [0.2, 0.25) is 0 Å². The average molecular weight is 414 g/mol. The maximum Gasteiger partial charge on any atom is 0.120 e. The van der Waals surface area contributed by atoms with E-state index in [1.54, 1.807) is 0 Å². The summed E-state index contributed by atoms with van der Waals surface area (Å²) in [7, 11) is -17.9. The Bertz CT molecular complexity index is 574. The van der Waals surface area contributed by atoms with E-state index in [0.29, 0.717) is 0 Å². The largest absolute Gasteiger partial charge is 0.790 e. The normalized spacial score (nSPS) is 35.9. The van der Waals surface area contributed by atoms with Gasteiger partial charge in [0.05, 0.1) is 23.5 Å². The lowest BCUT2D eigenvalue weighted by molar-refractivity contribution is -0.371.